The molecule has 0 radical (unpaired) electrons. The first kappa shape index (κ1) is 15.2. The fourth-order valence-electron chi connectivity index (χ4n) is 2.67. The molecular formula is C14H26N2O2. The lowest BCUT2D eigenvalue weighted by atomic mass is 9.77. The molecule has 0 spiro atoms. The average Bonchev–Trinajstić information content (AvgIpc) is 2.34. The van der Waals surface area contributed by atoms with Crippen molar-refractivity contribution in [2.24, 2.45) is 11.8 Å². The first-order chi connectivity index (χ1) is 8.52. The Morgan fingerprint density at radius 2 is 1.78 bits per heavy atom. The van der Waals surface area contributed by atoms with Crippen LogP contribution in [0.5, 0.6) is 0 Å². The lowest BCUT2D eigenvalue weighted by molar-refractivity contribution is -0.134. The summed E-state index contributed by atoms with van der Waals surface area (Å²) in [5, 5.41) is 2.97. The molecule has 0 aromatic carbocycles. The molecule has 0 aromatic heterocycles. The van der Waals surface area contributed by atoms with Gasteiger partial charge in [-0.2, -0.15) is 0 Å². The minimum Gasteiger partial charge on any atom is -0.356 e. The second-order valence-electron chi connectivity index (χ2n) is 5.56. The fourth-order valence-corrected chi connectivity index (χ4v) is 2.67. The smallest absolute Gasteiger partial charge is 0.223 e. The van der Waals surface area contributed by atoms with Crippen molar-refractivity contribution in [3.05, 3.63) is 0 Å². The van der Waals surface area contributed by atoms with Crippen LogP contribution in [0.3, 0.4) is 0 Å². The molecule has 1 amide bonds. The minimum atomic E-state index is -0.0874. The molecule has 4 nitrogen and oxygen atoms in total. The van der Waals surface area contributed by atoms with Crippen LogP contribution in [0.15, 0.2) is 0 Å². The van der Waals surface area contributed by atoms with Crippen LogP contribution in [0.4, 0.5) is 0 Å². The van der Waals surface area contributed by atoms with Crippen LogP contribution < -0.4 is 5.32 Å². The summed E-state index contributed by atoms with van der Waals surface area (Å²) < 4.78 is 0. The number of Topliss-reactive ketones (excluding diaryl/α,β-unsaturated/α-hetero) is 1. The molecule has 0 saturated heterocycles. The molecule has 1 aliphatic carbocycles. The Morgan fingerprint density at radius 1 is 1.17 bits per heavy atom. The molecule has 0 heterocycles. The van der Waals surface area contributed by atoms with Crippen LogP contribution in [0.1, 0.15) is 39.0 Å². The number of hydrogen-bond acceptors (Lipinski definition) is 3. The third-order valence-electron chi connectivity index (χ3n) is 3.71. The van der Waals surface area contributed by atoms with E-state index in [1.807, 2.05) is 14.1 Å². The maximum atomic E-state index is 12.1. The zero-order valence-electron chi connectivity index (χ0n) is 11.9. The van der Waals surface area contributed by atoms with Gasteiger partial charge in [0.15, 0.2) is 0 Å². The summed E-state index contributed by atoms with van der Waals surface area (Å²) in [5.74, 6) is 0.111. The lowest BCUT2D eigenvalue weighted by Gasteiger charge is -2.28. The van der Waals surface area contributed by atoms with Gasteiger partial charge in [0, 0.05) is 18.4 Å². The van der Waals surface area contributed by atoms with Gasteiger partial charge < -0.3 is 10.2 Å². The summed E-state index contributed by atoms with van der Waals surface area (Å²) in [7, 11) is 4.05. The van der Waals surface area contributed by atoms with Gasteiger partial charge in [-0.15, -0.1) is 0 Å². The number of amides is 1. The topological polar surface area (TPSA) is 49.4 Å². The Balaban J connectivity index is 2.36. The van der Waals surface area contributed by atoms with Gasteiger partial charge >= 0.3 is 0 Å². The number of carbonyl (C=O) groups is 2. The minimum absolute atomic E-state index is 0.0485. The molecule has 2 atom stereocenters. The number of carbonyl (C=O) groups excluding carboxylic acids is 2. The van der Waals surface area contributed by atoms with E-state index in [0.29, 0.717) is 6.54 Å². The van der Waals surface area contributed by atoms with Gasteiger partial charge in [-0.25, -0.2) is 0 Å². The van der Waals surface area contributed by atoms with Crippen molar-refractivity contribution >= 4 is 11.7 Å². The molecule has 1 N–H and O–H groups in total. The molecule has 1 aliphatic rings. The van der Waals surface area contributed by atoms with E-state index in [1.165, 1.54) is 0 Å². The lowest BCUT2D eigenvalue weighted by Crippen LogP contribution is -2.40. The summed E-state index contributed by atoms with van der Waals surface area (Å²) in [5.41, 5.74) is 0. The maximum Gasteiger partial charge on any atom is 0.223 e. The second-order valence-corrected chi connectivity index (χ2v) is 5.56. The fraction of sp³-hybridized carbons (Fsp3) is 0.857. The van der Waals surface area contributed by atoms with Crippen molar-refractivity contribution in [3.63, 3.8) is 0 Å². The van der Waals surface area contributed by atoms with Crippen LogP contribution in [0.2, 0.25) is 0 Å². The molecule has 1 rings (SSSR count). The summed E-state index contributed by atoms with van der Waals surface area (Å²) in [6.45, 7) is 3.29. The van der Waals surface area contributed by atoms with Crippen molar-refractivity contribution in [1.82, 2.24) is 10.2 Å². The van der Waals surface area contributed by atoms with E-state index in [9.17, 15) is 9.59 Å². The van der Waals surface area contributed by atoms with E-state index in [1.54, 1.807) is 6.92 Å². The van der Waals surface area contributed by atoms with Gasteiger partial charge in [0.05, 0.1) is 0 Å². The predicted molar refractivity (Wildman–Crippen MR) is 72.3 cm³/mol. The van der Waals surface area contributed by atoms with E-state index in [0.717, 1.165) is 38.6 Å². The van der Waals surface area contributed by atoms with Crippen LogP contribution in [-0.4, -0.2) is 43.8 Å². The highest BCUT2D eigenvalue weighted by Gasteiger charge is 2.33. The van der Waals surface area contributed by atoms with Crippen molar-refractivity contribution in [1.29, 1.82) is 0 Å². The Kier molecular flexibility index (Phi) is 6.33. The first-order valence-electron chi connectivity index (χ1n) is 6.95. The van der Waals surface area contributed by atoms with Gasteiger partial charge in [-0.05, 0) is 46.8 Å². The standard InChI is InChI=1S/C14H26N2O2/c1-11(17)12-7-4-5-8-13(12)14(18)15-9-6-10-16(2)3/h12-13H,4-10H2,1-3H3,(H,15,18). The van der Waals surface area contributed by atoms with Gasteiger partial charge in [0.25, 0.3) is 0 Å². The van der Waals surface area contributed by atoms with Crippen LogP contribution in [0.25, 0.3) is 0 Å². The normalized spacial score (nSPS) is 24.0. The maximum absolute atomic E-state index is 12.1. The van der Waals surface area contributed by atoms with Crippen molar-refractivity contribution in [3.8, 4) is 0 Å². The van der Waals surface area contributed by atoms with E-state index < -0.39 is 0 Å². The zero-order chi connectivity index (χ0) is 13.5. The quantitative estimate of drug-likeness (QED) is 0.730. The monoisotopic (exact) mass is 254 g/mol. The van der Waals surface area contributed by atoms with Crippen LogP contribution in [0, 0.1) is 11.8 Å². The van der Waals surface area contributed by atoms with E-state index >= 15 is 0 Å². The number of nitrogens with one attached hydrogen (secondary N) is 1. The van der Waals surface area contributed by atoms with Crippen molar-refractivity contribution < 1.29 is 9.59 Å². The van der Waals surface area contributed by atoms with Gasteiger partial charge in [0.1, 0.15) is 5.78 Å². The molecule has 1 fully saturated rings. The first-order valence-corrected chi connectivity index (χ1v) is 6.95. The van der Waals surface area contributed by atoms with E-state index in [4.69, 9.17) is 0 Å². The number of hydrogen-bond donors (Lipinski definition) is 1. The van der Waals surface area contributed by atoms with Crippen LogP contribution in [-0.2, 0) is 9.59 Å². The molecule has 0 bridgehead atoms. The Labute approximate surface area is 110 Å². The molecule has 0 aromatic rings. The average molecular weight is 254 g/mol. The van der Waals surface area contributed by atoms with E-state index in [-0.39, 0.29) is 23.5 Å². The summed E-state index contributed by atoms with van der Waals surface area (Å²) >= 11 is 0. The molecule has 18 heavy (non-hydrogen) atoms. The number of ketones is 1. The summed E-state index contributed by atoms with van der Waals surface area (Å²) in [4.78, 5) is 25.7. The molecule has 4 heteroatoms. The van der Waals surface area contributed by atoms with Gasteiger partial charge in [-0.1, -0.05) is 12.8 Å². The van der Waals surface area contributed by atoms with Crippen LogP contribution >= 0.6 is 0 Å². The highest BCUT2D eigenvalue weighted by Crippen LogP contribution is 2.30. The largest absolute Gasteiger partial charge is 0.356 e. The zero-order valence-corrected chi connectivity index (χ0v) is 11.9. The Morgan fingerprint density at radius 3 is 2.33 bits per heavy atom. The molecule has 2 unspecified atom stereocenters. The Hall–Kier alpha value is -0.900. The number of nitrogens with zero attached hydrogens (tertiary/aromatic N) is 1. The SMILES string of the molecule is CC(=O)C1CCCCC1C(=O)NCCCN(C)C. The third-order valence-corrected chi connectivity index (χ3v) is 3.71. The second kappa shape index (κ2) is 7.52. The van der Waals surface area contributed by atoms with Crippen molar-refractivity contribution in [2.75, 3.05) is 27.2 Å². The van der Waals surface area contributed by atoms with Crippen molar-refractivity contribution in [2.45, 2.75) is 39.0 Å². The highest BCUT2D eigenvalue weighted by atomic mass is 16.2. The van der Waals surface area contributed by atoms with Gasteiger partial charge in [0.2, 0.25) is 5.91 Å². The molecule has 0 aliphatic heterocycles. The predicted octanol–water partition coefficient (Wildman–Crippen LogP) is 1.45. The number of rotatable bonds is 6. The highest BCUT2D eigenvalue weighted by molar-refractivity contribution is 5.87. The summed E-state index contributed by atoms with van der Waals surface area (Å²) in [6.07, 6.45) is 4.85. The summed E-state index contributed by atoms with van der Waals surface area (Å²) in [6, 6.07) is 0. The molecular weight excluding hydrogens is 228 g/mol. The molecule has 1 saturated carbocycles. The molecule has 104 valence electrons. The Bertz CT molecular complexity index is 290. The van der Waals surface area contributed by atoms with Gasteiger partial charge in [-0.3, -0.25) is 9.59 Å². The third kappa shape index (κ3) is 4.77. The van der Waals surface area contributed by atoms with E-state index in [2.05, 4.69) is 10.2 Å².